The second kappa shape index (κ2) is 7.74. The maximum absolute atomic E-state index is 9.54. The first-order valence-corrected chi connectivity index (χ1v) is 7.92. The van der Waals surface area contributed by atoms with Gasteiger partial charge in [0.1, 0.15) is 0 Å². The van der Waals surface area contributed by atoms with Crippen LogP contribution in [0.5, 0.6) is 0 Å². The highest BCUT2D eigenvalue weighted by molar-refractivity contribution is 4.90. The number of nitrogens with one attached hydrogen (secondary N) is 1. The van der Waals surface area contributed by atoms with Crippen molar-refractivity contribution in [3.63, 3.8) is 0 Å². The summed E-state index contributed by atoms with van der Waals surface area (Å²) < 4.78 is 5.76. The quantitative estimate of drug-likeness (QED) is 0.713. The van der Waals surface area contributed by atoms with Crippen molar-refractivity contribution < 1.29 is 9.84 Å². The van der Waals surface area contributed by atoms with Gasteiger partial charge in [-0.15, -0.1) is 0 Å². The Labute approximate surface area is 124 Å². The Bertz CT molecular complexity index is 274. The largest absolute Gasteiger partial charge is 0.394 e. The van der Waals surface area contributed by atoms with Gasteiger partial charge < -0.3 is 15.2 Å². The minimum atomic E-state index is -0.178. The van der Waals surface area contributed by atoms with Crippen LogP contribution in [0.4, 0.5) is 0 Å². The lowest BCUT2D eigenvalue weighted by Gasteiger charge is -2.44. The lowest BCUT2D eigenvalue weighted by Crippen LogP contribution is -2.54. The van der Waals surface area contributed by atoms with E-state index in [-0.39, 0.29) is 17.6 Å². The second-order valence-corrected chi connectivity index (χ2v) is 7.51. The van der Waals surface area contributed by atoms with E-state index in [2.05, 4.69) is 45.0 Å². The predicted molar refractivity (Wildman–Crippen MR) is 84.0 cm³/mol. The van der Waals surface area contributed by atoms with Crippen LogP contribution in [0, 0.1) is 11.3 Å². The number of nitrogens with zero attached hydrogens (tertiary/aromatic N) is 1. The fraction of sp³-hybridized carbons (Fsp3) is 1.00. The van der Waals surface area contributed by atoms with Gasteiger partial charge >= 0.3 is 0 Å². The molecule has 20 heavy (non-hydrogen) atoms. The molecule has 1 aliphatic heterocycles. The van der Waals surface area contributed by atoms with Gasteiger partial charge in [-0.1, -0.05) is 13.8 Å². The fourth-order valence-electron chi connectivity index (χ4n) is 2.69. The van der Waals surface area contributed by atoms with Crippen LogP contribution < -0.4 is 5.32 Å². The van der Waals surface area contributed by atoms with E-state index in [0.29, 0.717) is 5.92 Å². The summed E-state index contributed by atoms with van der Waals surface area (Å²) in [4.78, 5) is 2.28. The molecule has 0 saturated carbocycles. The highest BCUT2D eigenvalue weighted by atomic mass is 16.5. The van der Waals surface area contributed by atoms with Gasteiger partial charge in [0.05, 0.1) is 13.2 Å². The summed E-state index contributed by atoms with van der Waals surface area (Å²) >= 11 is 0. The zero-order valence-corrected chi connectivity index (χ0v) is 14.0. The first-order chi connectivity index (χ1) is 9.31. The van der Waals surface area contributed by atoms with E-state index in [4.69, 9.17) is 4.74 Å². The molecular formula is C16H34N2O2. The molecule has 1 rings (SSSR count). The van der Waals surface area contributed by atoms with Crippen molar-refractivity contribution in [1.29, 1.82) is 0 Å². The van der Waals surface area contributed by atoms with E-state index in [0.717, 1.165) is 39.3 Å². The van der Waals surface area contributed by atoms with Crippen LogP contribution in [-0.2, 0) is 4.74 Å². The van der Waals surface area contributed by atoms with E-state index in [1.54, 1.807) is 0 Å². The molecule has 0 amide bonds. The first-order valence-electron chi connectivity index (χ1n) is 7.92. The molecule has 1 atom stereocenters. The van der Waals surface area contributed by atoms with Gasteiger partial charge in [-0.25, -0.2) is 0 Å². The molecule has 0 aliphatic carbocycles. The van der Waals surface area contributed by atoms with E-state index in [9.17, 15) is 5.11 Å². The number of aliphatic hydroxyl groups is 1. The molecule has 0 radical (unpaired) electrons. The zero-order valence-electron chi connectivity index (χ0n) is 14.0. The molecule has 0 bridgehead atoms. The average molecular weight is 286 g/mol. The van der Waals surface area contributed by atoms with Crippen LogP contribution in [0.2, 0.25) is 0 Å². The van der Waals surface area contributed by atoms with Gasteiger partial charge in [0, 0.05) is 30.7 Å². The lowest BCUT2D eigenvalue weighted by atomic mass is 9.80. The average Bonchev–Trinajstić information content (AvgIpc) is 2.39. The van der Waals surface area contributed by atoms with Crippen molar-refractivity contribution >= 4 is 0 Å². The molecule has 1 fully saturated rings. The third-order valence-electron chi connectivity index (χ3n) is 4.45. The fourth-order valence-corrected chi connectivity index (χ4v) is 2.69. The van der Waals surface area contributed by atoms with Crippen LogP contribution >= 0.6 is 0 Å². The van der Waals surface area contributed by atoms with E-state index in [1.807, 2.05) is 0 Å². The molecule has 0 aromatic carbocycles. The van der Waals surface area contributed by atoms with Gasteiger partial charge in [-0.3, -0.25) is 4.90 Å². The minimum absolute atomic E-state index is 0.175. The summed E-state index contributed by atoms with van der Waals surface area (Å²) in [7, 11) is 2.11. The third kappa shape index (κ3) is 5.32. The summed E-state index contributed by atoms with van der Waals surface area (Å²) in [6, 6.07) is 0. The monoisotopic (exact) mass is 286 g/mol. The van der Waals surface area contributed by atoms with Crippen molar-refractivity contribution in [3.05, 3.63) is 0 Å². The van der Waals surface area contributed by atoms with Gasteiger partial charge in [0.25, 0.3) is 0 Å². The topological polar surface area (TPSA) is 44.7 Å². The van der Waals surface area contributed by atoms with Crippen molar-refractivity contribution in [3.8, 4) is 0 Å². The second-order valence-electron chi connectivity index (χ2n) is 7.51. The Morgan fingerprint density at radius 1 is 1.40 bits per heavy atom. The normalized spacial score (nSPS) is 24.6. The number of rotatable bonds is 8. The third-order valence-corrected chi connectivity index (χ3v) is 4.45. The van der Waals surface area contributed by atoms with Crippen LogP contribution in [0.25, 0.3) is 0 Å². The van der Waals surface area contributed by atoms with Gasteiger partial charge in [0.2, 0.25) is 0 Å². The van der Waals surface area contributed by atoms with Crippen molar-refractivity contribution in [1.82, 2.24) is 10.2 Å². The summed E-state index contributed by atoms with van der Waals surface area (Å²) in [6.45, 7) is 13.5. The van der Waals surface area contributed by atoms with Crippen LogP contribution in [0.1, 0.15) is 40.5 Å². The number of aliphatic hydroxyl groups excluding tert-OH is 1. The van der Waals surface area contributed by atoms with Gasteiger partial charge in [0.15, 0.2) is 0 Å². The Kier molecular flexibility index (Phi) is 6.92. The maximum Gasteiger partial charge on any atom is 0.0609 e. The number of ether oxygens (including phenoxy) is 1. The molecule has 1 aliphatic rings. The molecule has 1 saturated heterocycles. The first kappa shape index (κ1) is 17.9. The summed E-state index contributed by atoms with van der Waals surface area (Å²) in [5, 5.41) is 13.1. The molecule has 2 N–H and O–H groups in total. The SMILES string of the molecule is CC(C)CNCC1(CN(C)C(C)(C)CO)CCCOC1. The summed E-state index contributed by atoms with van der Waals surface area (Å²) in [6.07, 6.45) is 2.33. The van der Waals surface area contributed by atoms with E-state index >= 15 is 0 Å². The zero-order chi connectivity index (χ0) is 15.2. The Hall–Kier alpha value is -0.160. The molecule has 0 aromatic rings. The highest BCUT2D eigenvalue weighted by Crippen LogP contribution is 2.31. The van der Waals surface area contributed by atoms with Crippen molar-refractivity contribution in [2.45, 2.75) is 46.1 Å². The molecule has 120 valence electrons. The maximum atomic E-state index is 9.54. The highest BCUT2D eigenvalue weighted by Gasteiger charge is 2.37. The van der Waals surface area contributed by atoms with Crippen molar-refractivity contribution in [2.75, 3.05) is 46.5 Å². The molecule has 1 heterocycles. The molecule has 1 unspecified atom stereocenters. The van der Waals surface area contributed by atoms with Gasteiger partial charge in [-0.2, -0.15) is 0 Å². The van der Waals surface area contributed by atoms with Crippen LogP contribution in [0.15, 0.2) is 0 Å². The predicted octanol–water partition coefficient (Wildman–Crippen LogP) is 1.73. The summed E-state index contributed by atoms with van der Waals surface area (Å²) in [5.41, 5.74) is -0.00315. The Morgan fingerprint density at radius 3 is 2.60 bits per heavy atom. The molecular weight excluding hydrogens is 252 g/mol. The smallest absolute Gasteiger partial charge is 0.0609 e. The van der Waals surface area contributed by atoms with E-state index < -0.39 is 0 Å². The molecule has 4 nitrogen and oxygen atoms in total. The molecule has 0 spiro atoms. The Morgan fingerprint density at radius 2 is 2.10 bits per heavy atom. The van der Waals surface area contributed by atoms with Crippen LogP contribution in [-0.4, -0.2) is 62.0 Å². The molecule has 0 aromatic heterocycles. The standard InChI is InChI=1S/C16H34N2O2/c1-14(2)9-17-10-16(7-6-8-20-13-16)11-18(5)15(3,4)12-19/h14,17,19H,6-13H2,1-5H3. The number of likely N-dealkylation sites (N-methyl/N-ethyl adjacent to an activating group) is 1. The summed E-state index contributed by atoms with van der Waals surface area (Å²) in [5.74, 6) is 0.670. The minimum Gasteiger partial charge on any atom is -0.394 e. The Balaban J connectivity index is 2.63. The number of hydrogen-bond donors (Lipinski definition) is 2. The van der Waals surface area contributed by atoms with Crippen LogP contribution in [0.3, 0.4) is 0 Å². The number of hydrogen-bond acceptors (Lipinski definition) is 4. The lowest BCUT2D eigenvalue weighted by molar-refractivity contribution is -0.0438. The molecule has 4 heteroatoms. The van der Waals surface area contributed by atoms with Gasteiger partial charge in [-0.05, 0) is 46.2 Å². The van der Waals surface area contributed by atoms with Crippen molar-refractivity contribution in [2.24, 2.45) is 11.3 Å². The van der Waals surface area contributed by atoms with E-state index in [1.165, 1.54) is 6.42 Å².